The molecule has 0 aliphatic carbocycles. The van der Waals surface area contributed by atoms with Gasteiger partial charge >= 0.3 is 0 Å². The molecule has 0 amide bonds. The van der Waals surface area contributed by atoms with Gasteiger partial charge in [0.25, 0.3) is 0 Å². The van der Waals surface area contributed by atoms with Gasteiger partial charge in [-0.2, -0.15) is 0 Å². The van der Waals surface area contributed by atoms with Crippen molar-refractivity contribution >= 4 is 28.6 Å². The maximum Gasteiger partial charge on any atom is 0.167 e. The van der Waals surface area contributed by atoms with Crippen LogP contribution in [0.4, 0.5) is 0 Å². The summed E-state index contributed by atoms with van der Waals surface area (Å²) in [6.45, 7) is 4.61. The summed E-state index contributed by atoms with van der Waals surface area (Å²) in [5.74, 6) is 1.01. The van der Waals surface area contributed by atoms with E-state index in [0.29, 0.717) is 6.61 Å². The number of nitrogens with zero attached hydrogens (tertiary/aromatic N) is 1. The van der Waals surface area contributed by atoms with Crippen LogP contribution in [-0.4, -0.2) is 27.7 Å². The largest absolute Gasteiger partial charge is 0.494 e. The van der Waals surface area contributed by atoms with Crippen LogP contribution >= 0.6 is 11.8 Å². The molecule has 0 bridgehead atoms. The number of H-pyrrole nitrogens is 1. The highest BCUT2D eigenvalue weighted by atomic mass is 32.2. The number of hydrogen-bond acceptors (Lipinski definition) is 4. The summed E-state index contributed by atoms with van der Waals surface area (Å²) in [5, 5.41) is 8.27. The van der Waals surface area contributed by atoms with E-state index in [0.717, 1.165) is 28.4 Å². The van der Waals surface area contributed by atoms with Crippen molar-refractivity contribution in [1.82, 2.24) is 9.97 Å². The number of nitrogens with two attached hydrogens (primary N) is 1. The van der Waals surface area contributed by atoms with Crippen LogP contribution in [0.3, 0.4) is 0 Å². The minimum atomic E-state index is -0.0353. The molecule has 0 saturated carbocycles. The van der Waals surface area contributed by atoms with Crippen LogP contribution < -0.4 is 10.5 Å². The lowest BCUT2D eigenvalue weighted by Crippen LogP contribution is -2.24. The number of imidazole rings is 1. The van der Waals surface area contributed by atoms with Gasteiger partial charge in [0.05, 0.1) is 22.9 Å². The number of aromatic nitrogens is 2. The topological polar surface area (TPSA) is 87.8 Å². The van der Waals surface area contributed by atoms with E-state index in [1.165, 1.54) is 11.8 Å². The van der Waals surface area contributed by atoms with E-state index in [1.807, 2.05) is 32.0 Å². The van der Waals surface area contributed by atoms with Gasteiger partial charge in [0.15, 0.2) is 5.16 Å². The van der Waals surface area contributed by atoms with Gasteiger partial charge in [-0.15, -0.1) is 0 Å². The molecular weight excluding hydrogens is 260 g/mol. The summed E-state index contributed by atoms with van der Waals surface area (Å²) in [4.78, 5) is 7.72. The molecule has 0 aliphatic rings. The number of benzene rings is 1. The standard InChI is InChI=1S/C13H18N4OS/c1-3-11(12(14)15)19-13-16-9-6-5-8(18-4-2)7-10(9)17-13/h5-7,11H,3-4H2,1-2H3,(H3,14,15)(H,16,17). The first kappa shape index (κ1) is 13.7. The van der Waals surface area contributed by atoms with Crippen LogP contribution in [-0.2, 0) is 0 Å². The predicted octanol–water partition coefficient (Wildman–Crippen LogP) is 2.77. The maximum atomic E-state index is 7.52. The number of ether oxygens (including phenoxy) is 1. The van der Waals surface area contributed by atoms with E-state index in [4.69, 9.17) is 15.9 Å². The molecule has 0 fully saturated rings. The highest BCUT2D eigenvalue weighted by molar-refractivity contribution is 8.00. The molecule has 0 radical (unpaired) electrons. The van der Waals surface area contributed by atoms with Crippen LogP contribution in [0, 0.1) is 5.41 Å². The lowest BCUT2D eigenvalue weighted by molar-refractivity contribution is 0.340. The Labute approximate surface area is 116 Å². The number of amidine groups is 1. The molecule has 102 valence electrons. The van der Waals surface area contributed by atoms with Crippen molar-refractivity contribution in [3.05, 3.63) is 18.2 Å². The van der Waals surface area contributed by atoms with E-state index < -0.39 is 0 Å². The van der Waals surface area contributed by atoms with E-state index in [1.54, 1.807) is 0 Å². The van der Waals surface area contributed by atoms with Crippen LogP contribution in [0.1, 0.15) is 20.3 Å². The van der Waals surface area contributed by atoms with E-state index in [9.17, 15) is 0 Å². The molecule has 1 aromatic heterocycles. The Hall–Kier alpha value is -1.69. The molecule has 6 heteroatoms. The van der Waals surface area contributed by atoms with E-state index in [-0.39, 0.29) is 11.1 Å². The monoisotopic (exact) mass is 278 g/mol. The minimum Gasteiger partial charge on any atom is -0.494 e. The average Bonchev–Trinajstić information content (AvgIpc) is 2.77. The van der Waals surface area contributed by atoms with Gasteiger partial charge in [0.1, 0.15) is 11.6 Å². The zero-order valence-corrected chi connectivity index (χ0v) is 11.9. The molecule has 1 unspecified atom stereocenters. The molecule has 1 aromatic carbocycles. The number of hydrogen-bond donors (Lipinski definition) is 3. The van der Waals surface area contributed by atoms with Crippen LogP contribution in [0.5, 0.6) is 5.75 Å². The zero-order chi connectivity index (χ0) is 13.8. The molecule has 5 nitrogen and oxygen atoms in total. The van der Waals surface area contributed by atoms with Gasteiger partial charge in [-0.3, -0.25) is 5.41 Å². The van der Waals surface area contributed by atoms with Crippen molar-refractivity contribution in [3.63, 3.8) is 0 Å². The molecule has 0 aliphatic heterocycles. The smallest absolute Gasteiger partial charge is 0.167 e. The van der Waals surface area contributed by atoms with E-state index >= 15 is 0 Å². The Bertz CT molecular complexity index is 581. The molecule has 1 heterocycles. The van der Waals surface area contributed by atoms with Gasteiger partial charge in [-0.25, -0.2) is 4.98 Å². The molecule has 2 rings (SSSR count). The molecular formula is C13H18N4OS. The van der Waals surface area contributed by atoms with Crippen molar-refractivity contribution in [1.29, 1.82) is 5.41 Å². The second kappa shape index (κ2) is 5.97. The number of fused-ring (bicyclic) bond motifs is 1. The summed E-state index contributed by atoms with van der Waals surface area (Å²) in [7, 11) is 0. The maximum absolute atomic E-state index is 7.52. The van der Waals surface area contributed by atoms with E-state index in [2.05, 4.69) is 9.97 Å². The first-order chi connectivity index (χ1) is 9.13. The summed E-state index contributed by atoms with van der Waals surface area (Å²) < 4.78 is 5.46. The molecule has 1 atom stereocenters. The Morgan fingerprint density at radius 3 is 2.95 bits per heavy atom. The van der Waals surface area contributed by atoms with Crippen molar-refractivity contribution in [2.75, 3.05) is 6.61 Å². The summed E-state index contributed by atoms with van der Waals surface area (Å²) >= 11 is 1.48. The first-order valence-corrected chi connectivity index (χ1v) is 7.15. The Morgan fingerprint density at radius 2 is 2.32 bits per heavy atom. The lowest BCUT2D eigenvalue weighted by Gasteiger charge is -2.09. The second-order valence-corrected chi connectivity index (χ2v) is 5.32. The van der Waals surface area contributed by atoms with Gasteiger partial charge < -0.3 is 15.5 Å². The van der Waals surface area contributed by atoms with Crippen molar-refractivity contribution in [2.45, 2.75) is 30.7 Å². The molecule has 0 spiro atoms. The fourth-order valence-electron chi connectivity index (χ4n) is 1.78. The lowest BCUT2D eigenvalue weighted by atomic mass is 10.3. The van der Waals surface area contributed by atoms with Gasteiger partial charge in [0.2, 0.25) is 0 Å². The van der Waals surface area contributed by atoms with Gasteiger partial charge in [0, 0.05) is 6.07 Å². The fourth-order valence-corrected chi connectivity index (χ4v) is 2.66. The van der Waals surface area contributed by atoms with Crippen molar-refractivity contribution < 1.29 is 4.74 Å². The number of aromatic amines is 1. The average molecular weight is 278 g/mol. The van der Waals surface area contributed by atoms with Crippen LogP contribution in [0.15, 0.2) is 23.4 Å². The minimum absolute atomic E-state index is 0.0353. The number of nitrogens with one attached hydrogen (secondary N) is 2. The fraction of sp³-hybridized carbons (Fsp3) is 0.385. The molecule has 2 aromatic rings. The normalized spacial score (nSPS) is 12.5. The molecule has 19 heavy (non-hydrogen) atoms. The summed E-state index contributed by atoms with van der Waals surface area (Å²) in [6, 6.07) is 5.77. The summed E-state index contributed by atoms with van der Waals surface area (Å²) in [5.41, 5.74) is 7.38. The van der Waals surface area contributed by atoms with Crippen LogP contribution in [0.2, 0.25) is 0 Å². The quantitative estimate of drug-likeness (QED) is 0.431. The van der Waals surface area contributed by atoms with Crippen molar-refractivity contribution in [2.24, 2.45) is 5.73 Å². The first-order valence-electron chi connectivity index (χ1n) is 6.27. The van der Waals surface area contributed by atoms with Gasteiger partial charge in [-0.05, 0) is 25.5 Å². The van der Waals surface area contributed by atoms with Gasteiger partial charge in [-0.1, -0.05) is 18.7 Å². The number of thioether (sulfide) groups is 1. The Balaban J connectivity index is 2.23. The predicted molar refractivity (Wildman–Crippen MR) is 79.1 cm³/mol. The van der Waals surface area contributed by atoms with Crippen molar-refractivity contribution in [3.8, 4) is 5.75 Å². The van der Waals surface area contributed by atoms with Crippen LogP contribution in [0.25, 0.3) is 11.0 Å². The zero-order valence-electron chi connectivity index (χ0n) is 11.1. The Morgan fingerprint density at radius 1 is 1.53 bits per heavy atom. The second-order valence-electron chi connectivity index (χ2n) is 4.12. The highest BCUT2D eigenvalue weighted by Gasteiger charge is 2.14. The summed E-state index contributed by atoms with van der Waals surface area (Å²) in [6.07, 6.45) is 0.807. The number of rotatable bonds is 6. The Kier molecular flexibility index (Phi) is 4.31. The third-order valence-electron chi connectivity index (χ3n) is 2.71. The molecule has 4 N–H and O–H groups in total. The molecule has 0 saturated heterocycles. The highest BCUT2D eigenvalue weighted by Crippen LogP contribution is 2.27. The third kappa shape index (κ3) is 3.20. The third-order valence-corrected chi connectivity index (χ3v) is 4.00. The SMILES string of the molecule is CCOc1ccc2nc(SC(CC)C(=N)N)[nH]c2c1.